The summed E-state index contributed by atoms with van der Waals surface area (Å²) in [6.07, 6.45) is 0. The maximum Gasteiger partial charge on any atom is 0.230 e. The van der Waals surface area contributed by atoms with Crippen LogP contribution in [0.25, 0.3) is 10.8 Å². The molecule has 0 unspecified atom stereocenters. The normalized spacial score (nSPS) is 11.9. The number of hydrogen-bond donors (Lipinski definition) is 2. The number of aromatic amines is 1. The lowest BCUT2D eigenvalue weighted by atomic mass is 10.0. The van der Waals surface area contributed by atoms with Crippen LogP contribution in [0, 0.1) is 6.92 Å². The molecule has 0 saturated carbocycles. The molecule has 7 heteroatoms. The van der Waals surface area contributed by atoms with Crippen molar-refractivity contribution in [3.8, 4) is 5.75 Å². The summed E-state index contributed by atoms with van der Waals surface area (Å²) in [6.45, 7) is 4.28. The van der Waals surface area contributed by atoms with E-state index >= 15 is 0 Å². The predicted molar refractivity (Wildman–Crippen MR) is 123 cm³/mol. The van der Waals surface area contributed by atoms with Gasteiger partial charge in [0.25, 0.3) is 0 Å². The molecule has 1 aromatic heterocycles. The van der Waals surface area contributed by atoms with Gasteiger partial charge in [0.15, 0.2) is 5.82 Å². The highest BCUT2D eigenvalue weighted by molar-refractivity contribution is 7.99. The average Bonchev–Trinajstić information content (AvgIpc) is 3.24. The highest BCUT2D eigenvalue weighted by Gasteiger charge is 2.12. The van der Waals surface area contributed by atoms with Crippen LogP contribution in [0.15, 0.2) is 71.9 Å². The van der Waals surface area contributed by atoms with Crippen LogP contribution in [-0.2, 0) is 11.4 Å². The Labute approximate surface area is 185 Å². The second kappa shape index (κ2) is 9.66. The number of amides is 1. The number of benzene rings is 3. The van der Waals surface area contributed by atoms with Crippen molar-refractivity contribution in [2.24, 2.45) is 0 Å². The lowest BCUT2D eigenvalue weighted by Gasteiger charge is -2.14. The van der Waals surface area contributed by atoms with Gasteiger partial charge in [-0.05, 0) is 47.9 Å². The number of ether oxygens (including phenoxy) is 1. The zero-order valence-electron chi connectivity index (χ0n) is 17.5. The lowest BCUT2D eigenvalue weighted by molar-refractivity contribution is -0.119. The zero-order chi connectivity index (χ0) is 21.6. The number of aryl methyl sites for hydroxylation is 1. The second-order valence-corrected chi connectivity index (χ2v) is 8.25. The van der Waals surface area contributed by atoms with E-state index in [0.717, 1.165) is 22.3 Å². The van der Waals surface area contributed by atoms with Gasteiger partial charge in [-0.1, -0.05) is 66.4 Å². The van der Waals surface area contributed by atoms with Gasteiger partial charge >= 0.3 is 0 Å². The number of nitrogens with one attached hydrogen (secondary N) is 2. The summed E-state index contributed by atoms with van der Waals surface area (Å²) in [5.41, 5.74) is 2.14. The van der Waals surface area contributed by atoms with Crippen molar-refractivity contribution in [3.05, 3.63) is 83.7 Å². The van der Waals surface area contributed by atoms with Crippen molar-refractivity contribution in [3.63, 3.8) is 0 Å². The van der Waals surface area contributed by atoms with Crippen molar-refractivity contribution in [2.45, 2.75) is 31.7 Å². The van der Waals surface area contributed by atoms with Gasteiger partial charge in [0, 0.05) is 0 Å². The monoisotopic (exact) mass is 432 g/mol. The Morgan fingerprint density at radius 2 is 1.87 bits per heavy atom. The maximum atomic E-state index is 12.4. The third-order valence-electron chi connectivity index (χ3n) is 4.95. The molecule has 0 aliphatic carbocycles. The minimum absolute atomic E-state index is 0.0619. The van der Waals surface area contributed by atoms with Gasteiger partial charge in [0.2, 0.25) is 11.1 Å². The molecule has 0 spiro atoms. The summed E-state index contributed by atoms with van der Waals surface area (Å²) in [4.78, 5) is 16.8. The van der Waals surface area contributed by atoms with Crippen molar-refractivity contribution < 1.29 is 9.53 Å². The lowest BCUT2D eigenvalue weighted by Crippen LogP contribution is -2.28. The number of H-pyrrole nitrogens is 1. The van der Waals surface area contributed by atoms with E-state index in [1.807, 2.05) is 50.2 Å². The Balaban J connectivity index is 1.27. The standard InChI is InChI=1S/C24H24N4O2S/c1-16-7-3-6-10-21(16)30-14-22-26-24(28-27-22)31-15-23(29)25-17(2)19-12-11-18-8-4-5-9-20(18)13-19/h3-13,17H,14-15H2,1-2H3,(H,25,29)(H,26,27,28)/t17-/m0/s1. The molecule has 6 nitrogen and oxygen atoms in total. The molecule has 1 heterocycles. The Morgan fingerprint density at radius 1 is 1.10 bits per heavy atom. The van der Waals surface area contributed by atoms with Crippen molar-refractivity contribution in [2.75, 3.05) is 5.75 Å². The molecule has 0 saturated heterocycles. The molecular weight excluding hydrogens is 408 g/mol. The number of fused-ring (bicyclic) bond motifs is 1. The van der Waals surface area contributed by atoms with Crippen LogP contribution in [0.3, 0.4) is 0 Å². The largest absolute Gasteiger partial charge is 0.485 e. The highest BCUT2D eigenvalue weighted by atomic mass is 32.2. The summed E-state index contributed by atoms with van der Waals surface area (Å²) >= 11 is 1.29. The first-order chi connectivity index (χ1) is 15.1. The predicted octanol–water partition coefficient (Wildman–Crippen LogP) is 4.81. The molecule has 0 bridgehead atoms. The number of aromatic nitrogens is 3. The first-order valence-electron chi connectivity index (χ1n) is 10.1. The van der Waals surface area contributed by atoms with Crippen LogP contribution in [0.2, 0.25) is 0 Å². The molecule has 0 aliphatic rings. The van der Waals surface area contributed by atoms with E-state index in [0.29, 0.717) is 17.6 Å². The minimum atomic E-state index is -0.0806. The Bertz CT molecular complexity index is 1190. The second-order valence-electron chi connectivity index (χ2n) is 7.30. The molecule has 3 aromatic carbocycles. The molecule has 1 atom stereocenters. The number of para-hydroxylation sites is 1. The molecule has 4 aromatic rings. The van der Waals surface area contributed by atoms with Gasteiger partial charge in [-0.3, -0.25) is 9.89 Å². The SMILES string of the molecule is Cc1ccccc1OCc1nc(SCC(=O)N[C@@H](C)c2ccc3ccccc3c2)n[nH]1. The van der Waals surface area contributed by atoms with E-state index in [-0.39, 0.29) is 17.7 Å². The summed E-state index contributed by atoms with van der Waals surface area (Å²) in [5.74, 6) is 1.62. The highest BCUT2D eigenvalue weighted by Crippen LogP contribution is 2.21. The van der Waals surface area contributed by atoms with Gasteiger partial charge in [-0.2, -0.15) is 0 Å². The third-order valence-corrected chi connectivity index (χ3v) is 5.80. The van der Waals surface area contributed by atoms with Crippen LogP contribution in [0.1, 0.15) is 29.9 Å². The molecule has 1 amide bonds. The number of carbonyl (C=O) groups excluding carboxylic acids is 1. The molecular formula is C24H24N4O2S. The quantitative estimate of drug-likeness (QED) is 0.391. The van der Waals surface area contributed by atoms with E-state index < -0.39 is 0 Å². The van der Waals surface area contributed by atoms with Crippen molar-refractivity contribution in [1.29, 1.82) is 0 Å². The van der Waals surface area contributed by atoms with Crippen LogP contribution in [-0.4, -0.2) is 26.8 Å². The molecule has 4 rings (SSSR count). The van der Waals surface area contributed by atoms with E-state index in [4.69, 9.17) is 4.74 Å². The fourth-order valence-corrected chi connectivity index (χ4v) is 3.87. The summed E-state index contributed by atoms with van der Waals surface area (Å²) in [5, 5.41) is 12.9. The average molecular weight is 433 g/mol. The molecule has 2 N–H and O–H groups in total. The minimum Gasteiger partial charge on any atom is -0.485 e. The van der Waals surface area contributed by atoms with E-state index in [1.54, 1.807) is 0 Å². The topological polar surface area (TPSA) is 79.9 Å². The van der Waals surface area contributed by atoms with E-state index in [1.165, 1.54) is 17.1 Å². The number of thioether (sulfide) groups is 1. The van der Waals surface area contributed by atoms with Gasteiger partial charge in [0.1, 0.15) is 12.4 Å². The van der Waals surface area contributed by atoms with Gasteiger partial charge in [0.05, 0.1) is 11.8 Å². The first kappa shape index (κ1) is 20.9. The van der Waals surface area contributed by atoms with Gasteiger partial charge in [-0.15, -0.1) is 5.10 Å². The van der Waals surface area contributed by atoms with E-state index in [2.05, 4.69) is 50.8 Å². The summed E-state index contributed by atoms with van der Waals surface area (Å²) < 4.78 is 5.77. The van der Waals surface area contributed by atoms with Gasteiger partial charge in [-0.25, -0.2) is 4.98 Å². The van der Waals surface area contributed by atoms with Crippen LogP contribution in [0.5, 0.6) is 5.75 Å². The van der Waals surface area contributed by atoms with Crippen molar-refractivity contribution >= 4 is 28.4 Å². The Hall–Kier alpha value is -3.32. The fourth-order valence-electron chi connectivity index (χ4n) is 3.25. The number of carbonyl (C=O) groups is 1. The van der Waals surface area contributed by atoms with Crippen LogP contribution in [0.4, 0.5) is 0 Å². The summed E-state index contributed by atoms with van der Waals surface area (Å²) in [6, 6.07) is 22.2. The molecule has 158 valence electrons. The summed E-state index contributed by atoms with van der Waals surface area (Å²) in [7, 11) is 0. The number of nitrogens with zero attached hydrogens (tertiary/aromatic N) is 2. The van der Waals surface area contributed by atoms with Gasteiger partial charge < -0.3 is 10.1 Å². The van der Waals surface area contributed by atoms with Crippen molar-refractivity contribution in [1.82, 2.24) is 20.5 Å². The molecule has 0 aliphatic heterocycles. The number of rotatable bonds is 8. The van der Waals surface area contributed by atoms with Crippen LogP contribution < -0.4 is 10.1 Å². The third kappa shape index (κ3) is 5.44. The fraction of sp³-hybridized carbons (Fsp3) is 0.208. The zero-order valence-corrected chi connectivity index (χ0v) is 18.3. The molecule has 0 radical (unpaired) electrons. The Kier molecular flexibility index (Phi) is 6.52. The van der Waals surface area contributed by atoms with Crippen LogP contribution >= 0.6 is 11.8 Å². The number of hydrogen-bond acceptors (Lipinski definition) is 5. The Morgan fingerprint density at radius 3 is 2.71 bits per heavy atom. The molecule has 31 heavy (non-hydrogen) atoms. The first-order valence-corrected chi connectivity index (χ1v) is 11.1. The van der Waals surface area contributed by atoms with E-state index in [9.17, 15) is 4.79 Å². The maximum absolute atomic E-state index is 12.4. The molecule has 0 fully saturated rings. The smallest absolute Gasteiger partial charge is 0.230 e.